The molecule has 0 bridgehead atoms. The zero-order valence-electron chi connectivity index (χ0n) is 28.1. The topological polar surface area (TPSA) is 150 Å². The molecule has 2 fully saturated rings. The van der Waals surface area contributed by atoms with Crippen LogP contribution in [0.1, 0.15) is 40.5 Å². The first-order valence-corrected chi connectivity index (χ1v) is 16.1. The highest BCUT2D eigenvalue weighted by molar-refractivity contribution is 6.03. The Labute approximate surface area is 275 Å². The van der Waals surface area contributed by atoms with Gasteiger partial charge in [-0.25, -0.2) is 9.97 Å². The summed E-state index contributed by atoms with van der Waals surface area (Å²) in [5.74, 6) is 0.115. The molecule has 3 aromatic rings. The van der Waals surface area contributed by atoms with Gasteiger partial charge in [0.1, 0.15) is 30.0 Å². The van der Waals surface area contributed by atoms with E-state index in [0.717, 1.165) is 24.5 Å². The molecule has 1 aromatic heterocycles. The molecule has 5 rings (SSSR count). The van der Waals surface area contributed by atoms with E-state index in [0.29, 0.717) is 60.8 Å². The van der Waals surface area contributed by atoms with Crippen LogP contribution in [0.25, 0.3) is 10.9 Å². The van der Waals surface area contributed by atoms with Gasteiger partial charge in [-0.05, 0) is 50.4 Å². The van der Waals surface area contributed by atoms with Gasteiger partial charge < -0.3 is 40.5 Å². The highest BCUT2D eigenvalue weighted by Gasteiger charge is 2.42. The average molecular weight is 647 g/mol. The number of likely N-dealkylation sites (N-methyl/N-ethyl adjacent to an activating group) is 1. The van der Waals surface area contributed by atoms with E-state index in [2.05, 4.69) is 42.2 Å². The number of nitrogens with zero attached hydrogens (tertiary/aromatic N) is 4. The number of ether oxygens (including phenoxy) is 2. The largest absolute Gasteiger partial charge is 0.494 e. The minimum atomic E-state index is -0.805. The zero-order chi connectivity index (χ0) is 33.7. The first-order valence-electron chi connectivity index (χ1n) is 16.1. The van der Waals surface area contributed by atoms with Crippen molar-refractivity contribution in [3.05, 3.63) is 42.7 Å². The van der Waals surface area contributed by atoms with Crippen LogP contribution in [-0.2, 0) is 19.1 Å². The predicted octanol–water partition coefficient (Wildman–Crippen LogP) is 3.29. The number of aromatic nitrogens is 2. The van der Waals surface area contributed by atoms with E-state index in [9.17, 15) is 14.4 Å². The van der Waals surface area contributed by atoms with E-state index in [1.807, 2.05) is 39.0 Å². The highest BCUT2D eigenvalue weighted by Crippen LogP contribution is 2.36. The number of benzene rings is 2. The molecular weight excluding hydrogens is 600 g/mol. The van der Waals surface area contributed by atoms with Gasteiger partial charge in [-0.2, -0.15) is 0 Å². The van der Waals surface area contributed by atoms with E-state index in [4.69, 9.17) is 9.47 Å². The number of methoxy groups -OCH3 is 1. The van der Waals surface area contributed by atoms with E-state index >= 15 is 0 Å². The summed E-state index contributed by atoms with van der Waals surface area (Å²) < 4.78 is 11.2. The van der Waals surface area contributed by atoms with Crippen molar-refractivity contribution in [3.8, 4) is 5.75 Å². The summed E-state index contributed by atoms with van der Waals surface area (Å²) in [6.45, 7) is 10.8. The second-order valence-electron chi connectivity index (χ2n) is 13.0. The lowest BCUT2D eigenvalue weighted by Crippen LogP contribution is -2.59. The van der Waals surface area contributed by atoms with Gasteiger partial charge >= 0.3 is 0 Å². The van der Waals surface area contributed by atoms with Crippen molar-refractivity contribution in [3.63, 3.8) is 0 Å². The number of hydrogen-bond donors (Lipinski definition) is 4. The van der Waals surface area contributed by atoms with Crippen LogP contribution in [0.15, 0.2) is 42.7 Å². The first-order chi connectivity index (χ1) is 22.5. The summed E-state index contributed by atoms with van der Waals surface area (Å²) in [7, 11) is 3.22. The number of para-hydroxylation sites is 2. The molecule has 2 aliphatic rings. The number of rotatable bonds is 10. The van der Waals surface area contributed by atoms with Gasteiger partial charge in [0.15, 0.2) is 0 Å². The highest BCUT2D eigenvalue weighted by atomic mass is 16.5. The number of fused-ring (bicyclic) bond motifs is 1. The van der Waals surface area contributed by atoms with Crippen LogP contribution < -0.4 is 30.9 Å². The van der Waals surface area contributed by atoms with E-state index in [1.165, 1.54) is 13.4 Å². The molecule has 0 radical (unpaired) electrons. The number of carbonyl (C=O) groups excluding carboxylic acids is 3. The number of morpholine rings is 1. The maximum Gasteiger partial charge on any atom is 0.247 e. The Kier molecular flexibility index (Phi) is 10.5. The van der Waals surface area contributed by atoms with Crippen molar-refractivity contribution < 1.29 is 23.9 Å². The second-order valence-corrected chi connectivity index (χ2v) is 13.0. The maximum atomic E-state index is 13.9. The fourth-order valence-corrected chi connectivity index (χ4v) is 5.97. The van der Waals surface area contributed by atoms with Gasteiger partial charge in [-0.3, -0.25) is 14.4 Å². The minimum absolute atomic E-state index is 0.277. The molecular formula is C34H46N8O5. The zero-order valence-corrected chi connectivity index (χ0v) is 28.1. The molecule has 3 unspecified atom stereocenters. The van der Waals surface area contributed by atoms with Crippen molar-refractivity contribution in [1.29, 1.82) is 0 Å². The Morgan fingerprint density at radius 3 is 2.49 bits per heavy atom. The van der Waals surface area contributed by atoms with Crippen molar-refractivity contribution in [2.24, 2.45) is 5.41 Å². The quantitative estimate of drug-likeness (QED) is 0.259. The summed E-state index contributed by atoms with van der Waals surface area (Å²) >= 11 is 0. The van der Waals surface area contributed by atoms with Crippen LogP contribution >= 0.6 is 0 Å². The van der Waals surface area contributed by atoms with Crippen LogP contribution in [0.3, 0.4) is 0 Å². The number of anilines is 4. The summed E-state index contributed by atoms with van der Waals surface area (Å²) in [5.41, 5.74) is 2.43. The minimum Gasteiger partial charge on any atom is -0.494 e. The Morgan fingerprint density at radius 1 is 1.04 bits per heavy atom. The Balaban J connectivity index is 1.40. The van der Waals surface area contributed by atoms with Crippen LogP contribution in [0.4, 0.5) is 22.9 Å². The lowest BCUT2D eigenvalue weighted by Gasteiger charge is -2.36. The third kappa shape index (κ3) is 7.57. The van der Waals surface area contributed by atoms with Crippen LogP contribution in [0.5, 0.6) is 5.75 Å². The van der Waals surface area contributed by atoms with Gasteiger partial charge in [0.05, 0.1) is 48.9 Å². The van der Waals surface area contributed by atoms with Gasteiger partial charge in [-0.1, -0.05) is 32.9 Å². The molecule has 47 heavy (non-hydrogen) atoms. The van der Waals surface area contributed by atoms with E-state index in [1.54, 1.807) is 31.0 Å². The Bertz CT molecular complexity index is 1600. The van der Waals surface area contributed by atoms with Crippen LogP contribution in [0, 0.1) is 5.41 Å². The van der Waals surface area contributed by atoms with Crippen molar-refractivity contribution >= 4 is 51.5 Å². The van der Waals surface area contributed by atoms with E-state index in [-0.39, 0.29) is 17.7 Å². The van der Waals surface area contributed by atoms with Gasteiger partial charge in [0, 0.05) is 31.1 Å². The number of amides is 3. The molecule has 0 spiro atoms. The predicted molar refractivity (Wildman–Crippen MR) is 182 cm³/mol. The SMILES string of the molecule is CNC(C)C(=O)NC(C(=O)N1CCCC1C(=O)Nc1cc2c(Nc3ccccc3N3CCOCC3)ncnc2cc1OC)C(C)(C)C. The molecule has 0 aliphatic carbocycles. The molecule has 4 N–H and O–H groups in total. The molecule has 2 aliphatic heterocycles. The molecule has 252 valence electrons. The molecule has 3 heterocycles. The second kappa shape index (κ2) is 14.5. The summed E-state index contributed by atoms with van der Waals surface area (Å²) in [6.07, 6.45) is 2.66. The summed E-state index contributed by atoms with van der Waals surface area (Å²) in [6, 6.07) is 9.61. The molecule has 0 saturated carbocycles. The summed E-state index contributed by atoms with van der Waals surface area (Å²) in [4.78, 5) is 53.4. The van der Waals surface area contributed by atoms with Crippen LogP contribution in [-0.4, -0.2) is 97.7 Å². The number of likely N-dealkylation sites (tertiary alicyclic amines) is 1. The van der Waals surface area contributed by atoms with Crippen molar-refractivity contribution in [2.45, 2.75) is 58.7 Å². The molecule has 13 nitrogen and oxygen atoms in total. The third-order valence-corrected chi connectivity index (χ3v) is 8.79. The van der Waals surface area contributed by atoms with Crippen molar-refractivity contribution in [2.75, 3.05) is 62.5 Å². The van der Waals surface area contributed by atoms with Crippen molar-refractivity contribution in [1.82, 2.24) is 25.5 Å². The fourth-order valence-electron chi connectivity index (χ4n) is 5.97. The van der Waals surface area contributed by atoms with Gasteiger partial charge in [0.2, 0.25) is 17.7 Å². The molecule has 3 atom stereocenters. The van der Waals surface area contributed by atoms with Gasteiger partial charge in [-0.15, -0.1) is 0 Å². The Hall–Kier alpha value is -4.49. The third-order valence-electron chi connectivity index (χ3n) is 8.79. The molecule has 2 aromatic carbocycles. The Morgan fingerprint density at radius 2 is 1.79 bits per heavy atom. The number of nitrogens with one attached hydrogen (secondary N) is 4. The first kappa shape index (κ1) is 33.9. The normalized spacial score (nSPS) is 18.0. The lowest BCUT2D eigenvalue weighted by atomic mass is 9.85. The summed E-state index contributed by atoms with van der Waals surface area (Å²) in [5, 5.41) is 13.0. The standard InChI is InChI=1S/C34H46N8O5/c1-21(35-5)31(43)40-29(34(2,3)4)33(45)42-13-9-12-27(42)32(44)39-25-18-22-24(19-28(25)46-6)36-20-37-30(22)38-23-10-7-8-11-26(23)41-14-16-47-17-15-41/h7-8,10-11,18-21,27,29,35H,9,12-17H2,1-6H3,(H,39,44)(H,40,43)(H,36,37,38). The smallest absolute Gasteiger partial charge is 0.247 e. The number of carbonyl (C=O) groups is 3. The van der Waals surface area contributed by atoms with Gasteiger partial charge in [0.25, 0.3) is 0 Å². The number of hydrogen-bond acceptors (Lipinski definition) is 10. The fraction of sp³-hybridized carbons (Fsp3) is 0.500. The maximum absolute atomic E-state index is 13.9. The average Bonchev–Trinajstić information content (AvgIpc) is 3.57. The monoisotopic (exact) mass is 646 g/mol. The molecule has 2 saturated heterocycles. The molecule has 3 amide bonds. The molecule has 13 heteroatoms. The lowest BCUT2D eigenvalue weighted by molar-refractivity contribution is -0.143. The van der Waals surface area contributed by atoms with Crippen LogP contribution in [0.2, 0.25) is 0 Å². The van der Waals surface area contributed by atoms with E-state index < -0.39 is 23.5 Å².